The molecule has 1 aromatic heterocycles. The smallest absolute Gasteiger partial charge is 0.266 e. The van der Waals surface area contributed by atoms with Gasteiger partial charge in [-0.25, -0.2) is 0 Å². The third-order valence-electron chi connectivity index (χ3n) is 5.24. The van der Waals surface area contributed by atoms with E-state index < -0.39 is 0 Å². The zero-order valence-corrected chi connectivity index (χ0v) is 18.5. The number of carbonyl (C=O) groups excluding carboxylic acids is 1. The van der Waals surface area contributed by atoms with Gasteiger partial charge in [0.25, 0.3) is 5.91 Å². The number of thioether (sulfide) groups is 1. The van der Waals surface area contributed by atoms with Crippen LogP contribution in [0.5, 0.6) is 17.2 Å². The van der Waals surface area contributed by atoms with E-state index in [2.05, 4.69) is 22.9 Å². The van der Waals surface area contributed by atoms with Crippen LogP contribution >= 0.6 is 24.0 Å². The summed E-state index contributed by atoms with van der Waals surface area (Å²) < 4.78 is 19.4. The lowest BCUT2D eigenvalue weighted by atomic mass is 10.1. The molecule has 1 saturated heterocycles. The Hall–Kier alpha value is -2.97. The van der Waals surface area contributed by atoms with Crippen molar-refractivity contribution in [3.05, 3.63) is 59.1 Å². The number of para-hydroxylation sites is 1. The van der Waals surface area contributed by atoms with E-state index in [1.165, 1.54) is 11.8 Å². The van der Waals surface area contributed by atoms with E-state index in [1.807, 2.05) is 43.3 Å². The van der Waals surface area contributed by atoms with E-state index in [9.17, 15) is 4.79 Å². The molecule has 0 aliphatic carbocycles. The average Bonchev–Trinajstić information content (AvgIpc) is 3.45. The lowest BCUT2D eigenvalue weighted by Crippen LogP contribution is -2.27. The molecule has 2 aliphatic heterocycles. The maximum absolute atomic E-state index is 12.6. The van der Waals surface area contributed by atoms with E-state index >= 15 is 0 Å². The Morgan fingerprint density at radius 1 is 1.19 bits per heavy atom. The predicted octanol–water partition coefficient (Wildman–Crippen LogP) is 4.67. The van der Waals surface area contributed by atoms with Gasteiger partial charge < -0.3 is 18.8 Å². The number of rotatable bonds is 6. The number of ether oxygens (including phenoxy) is 3. The number of aromatic nitrogens is 1. The van der Waals surface area contributed by atoms with Crippen molar-refractivity contribution in [3.63, 3.8) is 0 Å². The summed E-state index contributed by atoms with van der Waals surface area (Å²) in [5, 5.41) is 1.09. The second-order valence-corrected chi connectivity index (χ2v) is 8.76. The standard InChI is InChI=1S/C23H20N2O4S2/c1-2-25-22(26)21(31-23(25)30)11-15-13-24(18-6-4-3-5-17(15)18)9-10-27-16-7-8-19-20(12-16)29-14-28-19/h3-8,11-13H,2,9-10,14H2,1H3/b21-11-. The molecule has 1 fully saturated rings. The highest BCUT2D eigenvalue weighted by molar-refractivity contribution is 8.26. The molecule has 0 saturated carbocycles. The van der Waals surface area contributed by atoms with Gasteiger partial charge >= 0.3 is 0 Å². The predicted molar refractivity (Wildman–Crippen MR) is 126 cm³/mol. The second kappa shape index (κ2) is 8.28. The molecule has 0 bridgehead atoms. The van der Waals surface area contributed by atoms with E-state index in [0.717, 1.165) is 28.0 Å². The molecule has 2 aliphatic rings. The van der Waals surface area contributed by atoms with Gasteiger partial charge in [-0.2, -0.15) is 0 Å². The Labute approximate surface area is 189 Å². The van der Waals surface area contributed by atoms with Crippen molar-refractivity contribution >= 4 is 51.2 Å². The summed E-state index contributed by atoms with van der Waals surface area (Å²) >= 11 is 6.69. The van der Waals surface area contributed by atoms with Gasteiger partial charge in [0.15, 0.2) is 11.5 Å². The number of nitrogens with zero attached hydrogens (tertiary/aromatic N) is 2. The Morgan fingerprint density at radius 3 is 2.87 bits per heavy atom. The molecule has 3 aromatic rings. The zero-order chi connectivity index (χ0) is 21.4. The topological polar surface area (TPSA) is 52.9 Å². The van der Waals surface area contributed by atoms with E-state index in [-0.39, 0.29) is 12.7 Å². The Morgan fingerprint density at radius 2 is 2.03 bits per heavy atom. The lowest BCUT2D eigenvalue weighted by Gasteiger charge is -2.09. The quantitative estimate of drug-likeness (QED) is 0.400. The largest absolute Gasteiger partial charge is 0.492 e. The van der Waals surface area contributed by atoms with Crippen LogP contribution < -0.4 is 14.2 Å². The summed E-state index contributed by atoms with van der Waals surface area (Å²) in [6.07, 6.45) is 4.00. The number of fused-ring (bicyclic) bond motifs is 2. The number of likely N-dealkylation sites (N-methyl/N-ethyl adjacent to an activating group) is 1. The highest BCUT2D eigenvalue weighted by Crippen LogP contribution is 2.36. The van der Waals surface area contributed by atoms with Crippen molar-refractivity contribution < 1.29 is 19.0 Å². The molecule has 5 rings (SSSR count). The van der Waals surface area contributed by atoms with Crippen molar-refractivity contribution in [1.29, 1.82) is 0 Å². The summed E-state index contributed by atoms with van der Waals surface area (Å²) in [5.74, 6) is 2.15. The first kappa shape index (κ1) is 20.0. The highest BCUT2D eigenvalue weighted by Gasteiger charge is 2.30. The van der Waals surface area contributed by atoms with Gasteiger partial charge in [0.1, 0.15) is 16.7 Å². The molecule has 0 unspecified atom stereocenters. The summed E-state index contributed by atoms with van der Waals surface area (Å²) in [7, 11) is 0. The number of thiocarbonyl (C=S) groups is 1. The minimum absolute atomic E-state index is 0.0273. The van der Waals surface area contributed by atoms with Crippen molar-refractivity contribution in [2.45, 2.75) is 13.5 Å². The van der Waals surface area contributed by atoms with Crippen molar-refractivity contribution in [1.82, 2.24) is 9.47 Å². The van der Waals surface area contributed by atoms with Crippen LogP contribution in [0.25, 0.3) is 17.0 Å². The number of amides is 1. The van der Waals surface area contributed by atoms with Crippen LogP contribution in [0.15, 0.2) is 53.6 Å². The minimum Gasteiger partial charge on any atom is -0.492 e. The van der Waals surface area contributed by atoms with Crippen LogP contribution in [0.3, 0.4) is 0 Å². The van der Waals surface area contributed by atoms with Gasteiger partial charge in [-0.1, -0.05) is 42.2 Å². The number of hydrogen-bond acceptors (Lipinski definition) is 6. The Bertz CT molecular complexity index is 1220. The van der Waals surface area contributed by atoms with Crippen molar-refractivity contribution in [2.24, 2.45) is 0 Å². The van der Waals surface area contributed by atoms with Crippen LogP contribution in [0.4, 0.5) is 0 Å². The molecule has 0 spiro atoms. The Kier molecular flexibility index (Phi) is 5.33. The van der Waals surface area contributed by atoms with E-state index in [4.69, 9.17) is 26.4 Å². The van der Waals surface area contributed by atoms with Gasteiger partial charge in [-0.15, -0.1) is 0 Å². The fourth-order valence-corrected chi connectivity index (χ4v) is 5.09. The molecule has 2 aromatic carbocycles. The van der Waals surface area contributed by atoms with Crippen LogP contribution in [-0.2, 0) is 11.3 Å². The normalized spacial score (nSPS) is 16.7. The first-order valence-corrected chi connectivity index (χ1v) is 11.2. The fourth-order valence-electron chi connectivity index (χ4n) is 3.72. The SMILES string of the molecule is CCN1C(=O)/C(=C/c2cn(CCOc3ccc4c(c3)OCO4)c3ccccc23)SC1=S. The van der Waals surface area contributed by atoms with Gasteiger partial charge in [0.2, 0.25) is 6.79 Å². The minimum atomic E-state index is -0.0273. The number of carbonyl (C=O) groups is 1. The first-order chi connectivity index (χ1) is 15.1. The zero-order valence-electron chi connectivity index (χ0n) is 16.9. The molecule has 0 atom stereocenters. The van der Waals surface area contributed by atoms with Gasteiger partial charge in [0, 0.05) is 35.3 Å². The van der Waals surface area contributed by atoms with Gasteiger partial charge in [-0.05, 0) is 31.2 Å². The third-order valence-corrected chi connectivity index (χ3v) is 6.62. The summed E-state index contributed by atoms with van der Waals surface area (Å²) in [6.45, 7) is 3.92. The van der Waals surface area contributed by atoms with Gasteiger partial charge in [-0.3, -0.25) is 9.69 Å². The molecular formula is C23H20N2O4S2. The van der Waals surface area contributed by atoms with Crippen molar-refractivity contribution in [2.75, 3.05) is 19.9 Å². The van der Waals surface area contributed by atoms with Crippen LogP contribution in [0, 0.1) is 0 Å². The van der Waals surface area contributed by atoms with Gasteiger partial charge in [0.05, 0.1) is 11.4 Å². The average molecular weight is 453 g/mol. The van der Waals surface area contributed by atoms with Crippen LogP contribution in [-0.4, -0.2) is 39.6 Å². The molecule has 3 heterocycles. The lowest BCUT2D eigenvalue weighted by molar-refractivity contribution is -0.121. The third kappa shape index (κ3) is 3.77. The van der Waals surface area contributed by atoms with Crippen molar-refractivity contribution in [3.8, 4) is 17.2 Å². The maximum atomic E-state index is 12.6. The molecule has 0 radical (unpaired) electrons. The van der Waals surface area contributed by atoms with Crippen LogP contribution in [0.1, 0.15) is 12.5 Å². The maximum Gasteiger partial charge on any atom is 0.266 e. The molecular weight excluding hydrogens is 432 g/mol. The molecule has 158 valence electrons. The van der Waals surface area contributed by atoms with E-state index in [0.29, 0.717) is 34.7 Å². The highest BCUT2D eigenvalue weighted by atomic mass is 32.2. The molecule has 6 nitrogen and oxygen atoms in total. The first-order valence-electron chi connectivity index (χ1n) is 9.99. The summed E-state index contributed by atoms with van der Waals surface area (Å²) in [6, 6.07) is 13.7. The summed E-state index contributed by atoms with van der Waals surface area (Å²) in [4.78, 5) is 14.9. The van der Waals surface area contributed by atoms with E-state index in [1.54, 1.807) is 4.90 Å². The molecule has 31 heavy (non-hydrogen) atoms. The monoisotopic (exact) mass is 452 g/mol. The molecule has 0 N–H and O–H groups in total. The number of hydrogen-bond donors (Lipinski definition) is 0. The molecule has 1 amide bonds. The summed E-state index contributed by atoms with van der Waals surface area (Å²) in [5.41, 5.74) is 2.09. The van der Waals surface area contributed by atoms with Crippen LogP contribution in [0.2, 0.25) is 0 Å². The fraction of sp³-hybridized carbons (Fsp3) is 0.217. The Balaban J connectivity index is 1.36. The second-order valence-electron chi connectivity index (χ2n) is 7.08. The number of benzene rings is 2. The molecule has 8 heteroatoms.